The van der Waals surface area contributed by atoms with Crippen LogP contribution in [0, 0.1) is 0 Å². The molecule has 0 aliphatic heterocycles. The Hall–Kier alpha value is -1.55. The van der Waals surface area contributed by atoms with Crippen molar-refractivity contribution in [1.29, 1.82) is 0 Å². The monoisotopic (exact) mass is 233 g/mol. The SMILES string of the molecule is CN(C)c1ccccc1NCc1cncs1. The Morgan fingerprint density at radius 1 is 1.31 bits per heavy atom. The van der Waals surface area contributed by atoms with Crippen LogP contribution in [0.3, 0.4) is 0 Å². The van der Waals surface area contributed by atoms with Crippen LogP contribution >= 0.6 is 11.3 Å². The lowest BCUT2D eigenvalue weighted by Gasteiger charge is -2.17. The Kier molecular flexibility index (Phi) is 3.41. The van der Waals surface area contributed by atoms with Crippen LogP contribution in [-0.2, 0) is 6.54 Å². The van der Waals surface area contributed by atoms with Crippen molar-refractivity contribution in [3.8, 4) is 0 Å². The maximum atomic E-state index is 4.06. The van der Waals surface area contributed by atoms with E-state index in [0.717, 1.165) is 12.2 Å². The van der Waals surface area contributed by atoms with E-state index >= 15 is 0 Å². The normalized spacial score (nSPS) is 10.1. The van der Waals surface area contributed by atoms with Crippen LogP contribution in [0.5, 0.6) is 0 Å². The van der Waals surface area contributed by atoms with Crippen molar-refractivity contribution in [2.24, 2.45) is 0 Å². The quantitative estimate of drug-likeness (QED) is 0.880. The van der Waals surface area contributed by atoms with Gasteiger partial charge in [-0.3, -0.25) is 4.98 Å². The number of hydrogen-bond acceptors (Lipinski definition) is 4. The average molecular weight is 233 g/mol. The van der Waals surface area contributed by atoms with Crippen LogP contribution in [0.15, 0.2) is 36.0 Å². The van der Waals surface area contributed by atoms with E-state index in [-0.39, 0.29) is 0 Å². The zero-order chi connectivity index (χ0) is 11.4. The van der Waals surface area contributed by atoms with Crippen molar-refractivity contribution < 1.29 is 0 Å². The molecule has 0 unspecified atom stereocenters. The summed E-state index contributed by atoms with van der Waals surface area (Å²) in [4.78, 5) is 7.41. The first-order valence-corrected chi connectivity index (χ1v) is 6.03. The summed E-state index contributed by atoms with van der Waals surface area (Å²) >= 11 is 1.67. The first-order valence-electron chi connectivity index (χ1n) is 5.15. The number of anilines is 2. The number of nitrogens with zero attached hydrogens (tertiary/aromatic N) is 2. The van der Waals surface area contributed by atoms with Gasteiger partial charge in [0.05, 0.1) is 23.4 Å². The van der Waals surface area contributed by atoms with Gasteiger partial charge in [0, 0.05) is 25.2 Å². The van der Waals surface area contributed by atoms with Gasteiger partial charge in [0.15, 0.2) is 0 Å². The predicted octanol–water partition coefficient (Wildman–Crippen LogP) is 2.82. The van der Waals surface area contributed by atoms with Crippen LogP contribution in [0.4, 0.5) is 11.4 Å². The van der Waals surface area contributed by atoms with Crippen molar-refractivity contribution in [2.45, 2.75) is 6.54 Å². The lowest BCUT2D eigenvalue weighted by molar-refractivity contribution is 1.11. The van der Waals surface area contributed by atoms with Gasteiger partial charge in [0.2, 0.25) is 0 Å². The minimum absolute atomic E-state index is 0.829. The molecule has 0 fully saturated rings. The van der Waals surface area contributed by atoms with E-state index in [9.17, 15) is 0 Å². The minimum Gasteiger partial charge on any atom is -0.378 e. The van der Waals surface area contributed by atoms with Crippen LogP contribution in [0.1, 0.15) is 4.88 Å². The molecule has 1 aromatic carbocycles. The molecule has 1 N–H and O–H groups in total. The van der Waals surface area contributed by atoms with Gasteiger partial charge < -0.3 is 10.2 Å². The Morgan fingerprint density at radius 3 is 2.81 bits per heavy atom. The first-order chi connectivity index (χ1) is 7.77. The summed E-state index contributed by atoms with van der Waals surface area (Å²) in [6.07, 6.45) is 1.90. The smallest absolute Gasteiger partial charge is 0.0794 e. The van der Waals surface area contributed by atoms with Crippen LogP contribution in [-0.4, -0.2) is 19.1 Å². The molecule has 2 aromatic rings. The number of thiazole rings is 1. The van der Waals surface area contributed by atoms with Gasteiger partial charge in [-0.05, 0) is 12.1 Å². The van der Waals surface area contributed by atoms with Gasteiger partial charge in [-0.25, -0.2) is 0 Å². The van der Waals surface area contributed by atoms with Gasteiger partial charge >= 0.3 is 0 Å². The second-order valence-electron chi connectivity index (χ2n) is 3.73. The van der Waals surface area contributed by atoms with E-state index in [1.54, 1.807) is 11.3 Å². The van der Waals surface area contributed by atoms with Crippen molar-refractivity contribution in [3.63, 3.8) is 0 Å². The molecule has 2 rings (SSSR count). The van der Waals surface area contributed by atoms with Gasteiger partial charge in [-0.15, -0.1) is 11.3 Å². The molecule has 1 heterocycles. The summed E-state index contributed by atoms with van der Waals surface area (Å²) in [6.45, 7) is 0.829. The van der Waals surface area contributed by atoms with Crippen molar-refractivity contribution >= 4 is 22.7 Å². The third kappa shape index (κ3) is 2.52. The summed E-state index contributed by atoms with van der Waals surface area (Å²) in [5.74, 6) is 0. The van der Waals surface area contributed by atoms with Gasteiger partial charge in [0.1, 0.15) is 0 Å². The van der Waals surface area contributed by atoms with Crippen LogP contribution < -0.4 is 10.2 Å². The molecule has 0 aliphatic carbocycles. The highest BCUT2D eigenvalue weighted by Crippen LogP contribution is 2.24. The molecular formula is C12H15N3S. The largest absolute Gasteiger partial charge is 0.378 e. The molecule has 0 saturated heterocycles. The molecule has 0 saturated carbocycles. The lowest BCUT2D eigenvalue weighted by Crippen LogP contribution is -2.11. The van der Waals surface area contributed by atoms with Gasteiger partial charge in [0.25, 0.3) is 0 Å². The molecule has 0 radical (unpaired) electrons. The van der Waals surface area contributed by atoms with Crippen LogP contribution in [0.25, 0.3) is 0 Å². The zero-order valence-electron chi connectivity index (χ0n) is 9.47. The van der Waals surface area contributed by atoms with Crippen molar-refractivity contribution in [1.82, 2.24) is 4.98 Å². The van der Waals surface area contributed by atoms with E-state index in [2.05, 4.69) is 27.3 Å². The molecule has 84 valence electrons. The fourth-order valence-electron chi connectivity index (χ4n) is 1.52. The average Bonchev–Trinajstić information content (AvgIpc) is 2.79. The number of para-hydroxylation sites is 2. The molecule has 0 amide bonds. The summed E-state index contributed by atoms with van der Waals surface area (Å²) in [6, 6.07) is 8.29. The minimum atomic E-state index is 0.829. The molecule has 0 atom stereocenters. The summed E-state index contributed by atoms with van der Waals surface area (Å²) < 4.78 is 0. The fraction of sp³-hybridized carbons (Fsp3) is 0.250. The maximum absolute atomic E-state index is 4.06. The number of rotatable bonds is 4. The van der Waals surface area contributed by atoms with Crippen molar-refractivity contribution in [2.75, 3.05) is 24.3 Å². The van der Waals surface area contributed by atoms with E-state index in [1.807, 2.05) is 37.9 Å². The molecule has 3 nitrogen and oxygen atoms in total. The number of benzene rings is 1. The topological polar surface area (TPSA) is 28.2 Å². The Morgan fingerprint density at radius 2 is 2.12 bits per heavy atom. The highest BCUT2D eigenvalue weighted by atomic mass is 32.1. The molecular weight excluding hydrogens is 218 g/mol. The Bertz CT molecular complexity index is 437. The highest BCUT2D eigenvalue weighted by Gasteiger charge is 2.03. The Labute approximate surface area is 99.8 Å². The standard InChI is InChI=1S/C12H15N3S/c1-15(2)12-6-4-3-5-11(12)14-8-10-7-13-9-16-10/h3-7,9,14H,8H2,1-2H3. The molecule has 0 aliphatic rings. The Balaban J connectivity index is 2.09. The molecule has 4 heteroatoms. The van der Waals surface area contributed by atoms with E-state index in [4.69, 9.17) is 0 Å². The number of aromatic nitrogens is 1. The molecule has 1 aromatic heterocycles. The summed E-state index contributed by atoms with van der Waals surface area (Å²) in [5.41, 5.74) is 4.21. The predicted molar refractivity (Wildman–Crippen MR) is 70.2 cm³/mol. The number of nitrogens with one attached hydrogen (secondary N) is 1. The van der Waals surface area contributed by atoms with Crippen molar-refractivity contribution in [3.05, 3.63) is 40.8 Å². The fourth-order valence-corrected chi connectivity index (χ4v) is 2.06. The van der Waals surface area contributed by atoms with E-state index in [1.165, 1.54) is 10.6 Å². The zero-order valence-corrected chi connectivity index (χ0v) is 10.3. The molecule has 16 heavy (non-hydrogen) atoms. The van der Waals surface area contributed by atoms with Gasteiger partial charge in [-0.1, -0.05) is 12.1 Å². The van der Waals surface area contributed by atoms with E-state index < -0.39 is 0 Å². The van der Waals surface area contributed by atoms with Crippen LogP contribution in [0.2, 0.25) is 0 Å². The molecule has 0 spiro atoms. The summed E-state index contributed by atoms with van der Waals surface area (Å²) in [5, 5.41) is 3.43. The third-order valence-corrected chi connectivity index (χ3v) is 3.10. The maximum Gasteiger partial charge on any atom is 0.0794 e. The first kappa shape index (κ1) is 11.0. The summed E-state index contributed by atoms with van der Waals surface area (Å²) in [7, 11) is 4.10. The van der Waals surface area contributed by atoms with E-state index in [0.29, 0.717) is 0 Å². The second-order valence-corrected chi connectivity index (χ2v) is 4.70. The third-order valence-electron chi connectivity index (χ3n) is 2.32. The number of hydrogen-bond donors (Lipinski definition) is 1. The second kappa shape index (κ2) is 4.99. The highest BCUT2D eigenvalue weighted by molar-refractivity contribution is 7.09. The lowest BCUT2D eigenvalue weighted by atomic mass is 10.2. The van der Waals surface area contributed by atoms with Gasteiger partial charge in [-0.2, -0.15) is 0 Å². The molecule has 0 bridgehead atoms.